The number of urea groups is 1. The first-order valence-electron chi connectivity index (χ1n) is 8.23. The normalized spacial score (nSPS) is 16.1. The fourth-order valence-corrected chi connectivity index (χ4v) is 3.27. The molecule has 7 heteroatoms. The zero-order chi connectivity index (χ0) is 19.0. The van der Waals surface area contributed by atoms with Gasteiger partial charge in [-0.05, 0) is 56.2 Å². The number of carbonyl (C=O) groups excluding carboxylic acids is 2. The van der Waals surface area contributed by atoms with Crippen LogP contribution in [0.2, 0.25) is 10.0 Å². The summed E-state index contributed by atoms with van der Waals surface area (Å²) in [4.78, 5) is 26.0. The van der Waals surface area contributed by atoms with E-state index in [0.717, 1.165) is 21.7 Å². The van der Waals surface area contributed by atoms with Crippen molar-refractivity contribution in [2.75, 3.05) is 0 Å². The molecule has 1 aliphatic rings. The van der Waals surface area contributed by atoms with Crippen LogP contribution in [0, 0.1) is 6.92 Å². The summed E-state index contributed by atoms with van der Waals surface area (Å²) in [5, 5.41) is 3.45. The number of aryl methyl sites for hydroxylation is 1. The molecule has 2 heterocycles. The van der Waals surface area contributed by atoms with Gasteiger partial charge in [0.25, 0.3) is 5.91 Å². The van der Waals surface area contributed by atoms with Crippen molar-refractivity contribution in [2.24, 2.45) is 0 Å². The van der Waals surface area contributed by atoms with E-state index >= 15 is 0 Å². The Bertz CT molecular complexity index is 916. The van der Waals surface area contributed by atoms with Gasteiger partial charge in [0, 0.05) is 17.9 Å². The third-order valence-electron chi connectivity index (χ3n) is 4.23. The van der Waals surface area contributed by atoms with Crippen molar-refractivity contribution < 1.29 is 9.59 Å². The van der Waals surface area contributed by atoms with E-state index in [2.05, 4.69) is 23.7 Å². The molecule has 1 N–H and O–H groups in total. The number of hydrogen-bond acceptors (Lipinski definition) is 2. The summed E-state index contributed by atoms with van der Waals surface area (Å²) in [6.07, 6.45) is 3.66. The highest BCUT2D eigenvalue weighted by molar-refractivity contribution is 6.42. The molecular weight excluding hydrogens is 373 g/mol. The van der Waals surface area contributed by atoms with Crippen LogP contribution in [0.25, 0.3) is 6.08 Å². The molecule has 1 aromatic carbocycles. The maximum Gasteiger partial charge on any atom is 0.329 e. The lowest BCUT2D eigenvalue weighted by atomic mass is 10.2. The van der Waals surface area contributed by atoms with E-state index in [1.165, 1.54) is 0 Å². The summed E-state index contributed by atoms with van der Waals surface area (Å²) in [6, 6.07) is 6.88. The third kappa shape index (κ3) is 3.64. The molecule has 0 atom stereocenters. The van der Waals surface area contributed by atoms with Gasteiger partial charge in [0.05, 0.1) is 16.6 Å². The molecule has 1 aromatic heterocycles. The Labute approximate surface area is 162 Å². The molecule has 0 bridgehead atoms. The molecule has 0 spiro atoms. The van der Waals surface area contributed by atoms with E-state index in [1.54, 1.807) is 24.3 Å². The summed E-state index contributed by atoms with van der Waals surface area (Å²) in [5.74, 6) is -0.365. The van der Waals surface area contributed by atoms with Crippen molar-refractivity contribution >= 4 is 41.2 Å². The SMILES string of the molecule is Cc1cc(/C=C2/NC(=O)N(Cc3ccc(Cl)c(Cl)c3)C2=O)cn1C(C)C. The number of rotatable bonds is 4. The van der Waals surface area contributed by atoms with Crippen LogP contribution in [0.3, 0.4) is 0 Å². The minimum atomic E-state index is -0.452. The molecule has 1 fully saturated rings. The summed E-state index contributed by atoms with van der Waals surface area (Å²) < 4.78 is 2.11. The first-order valence-corrected chi connectivity index (χ1v) is 8.99. The number of amides is 3. The third-order valence-corrected chi connectivity index (χ3v) is 4.96. The Balaban J connectivity index is 1.82. The number of benzene rings is 1. The summed E-state index contributed by atoms with van der Waals surface area (Å²) in [7, 11) is 0. The second-order valence-electron chi connectivity index (χ2n) is 6.54. The lowest BCUT2D eigenvalue weighted by molar-refractivity contribution is -0.123. The molecule has 0 radical (unpaired) electrons. The van der Waals surface area contributed by atoms with Crippen molar-refractivity contribution in [1.82, 2.24) is 14.8 Å². The highest BCUT2D eigenvalue weighted by atomic mass is 35.5. The highest BCUT2D eigenvalue weighted by Crippen LogP contribution is 2.25. The molecule has 2 aromatic rings. The zero-order valence-electron chi connectivity index (χ0n) is 14.7. The fraction of sp³-hybridized carbons (Fsp3) is 0.263. The van der Waals surface area contributed by atoms with Crippen LogP contribution in [-0.2, 0) is 11.3 Å². The van der Waals surface area contributed by atoms with E-state index in [1.807, 2.05) is 19.2 Å². The molecular formula is C19H19Cl2N3O2. The summed E-state index contributed by atoms with van der Waals surface area (Å²) in [5.41, 5.74) is 2.95. The lowest BCUT2D eigenvalue weighted by Gasteiger charge is -2.12. The van der Waals surface area contributed by atoms with E-state index in [-0.39, 0.29) is 18.1 Å². The molecule has 136 valence electrons. The minimum Gasteiger partial charge on any atom is -0.349 e. The van der Waals surface area contributed by atoms with E-state index in [4.69, 9.17) is 23.2 Å². The molecule has 26 heavy (non-hydrogen) atoms. The average molecular weight is 392 g/mol. The number of imide groups is 1. The fourth-order valence-electron chi connectivity index (χ4n) is 2.95. The van der Waals surface area contributed by atoms with Gasteiger partial charge in [0.15, 0.2) is 0 Å². The quantitative estimate of drug-likeness (QED) is 0.602. The smallest absolute Gasteiger partial charge is 0.329 e. The lowest BCUT2D eigenvalue weighted by Crippen LogP contribution is -2.30. The highest BCUT2D eigenvalue weighted by Gasteiger charge is 2.33. The molecule has 0 unspecified atom stereocenters. The Hall–Kier alpha value is -2.24. The van der Waals surface area contributed by atoms with Crippen molar-refractivity contribution in [1.29, 1.82) is 0 Å². The number of carbonyl (C=O) groups is 2. The van der Waals surface area contributed by atoms with E-state index in [0.29, 0.717) is 16.1 Å². The minimum absolute atomic E-state index is 0.130. The van der Waals surface area contributed by atoms with Gasteiger partial charge in [-0.2, -0.15) is 0 Å². The Morgan fingerprint density at radius 2 is 1.88 bits per heavy atom. The van der Waals surface area contributed by atoms with Crippen molar-refractivity contribution in [2.45, 2.75) is 33.4 Å². The van der Waals surface area contributed by atoms with Crippen molar-refractivity contribution in [3.8, 4) is 0 Å². The molecule has 1 aliphatic heterocycles. The van der Waals surface area contributed by atoms with Gasteiger partial charge in [0.2, 0.25) is 0 Å². The second kappa shape index (κ2) is 7.17. The van der Waals surface area contributed by atoms with Crippen LogP contribution < -0.4 is 5.32 Å². The monoisotopic (exact) mass is 391 g/mol. The molecule has 5 nitrogen and oxygen atoms in total. The standard InChI is InChI=1S/C19H19Cl2N3O2/c1-11(2)23-10-14(6-12(23)3)8-17-18(25)24(19(26)22-17)9-13-4-5-15(20)16(21)7-13/h4-8,10-11H,9H2,1-3H3,(H,22,26)/b17-8+. The average Bonchev–Trinajstić information content (AvgIpc) is 3.06. The first-order chi connectivity index (χ1) is 12.3. The maximum absolute atomic E-state index is 12.6. The van der Waals surface area contributed by atoms with Crippen LogP contribution >= 0.6 is 23.2 Å². The van der Waals surface area contributed by atoms with Crippen LogP contribution in [0.1, 0.15) is 36.7 Å². The van der Waals surface area contributed by atoms with Crippen molar-refractivity contribution in [3.63, 3.8) is 0 Å². The van der Waals surface area contributed by atoms with Gasteiger partial charge in [0.1, 0.15) is 5.70 Å². The molecule has 3 rings (SSSR count). The van der Waals surface area contributed by atoms with Gasteiger partial charge in [-0.15, -0.1) is 0 Å². The van der Waals surface area contributed by atoms with E-state index in [9.17, 15) is 9.59 Å². The Kier molecular flexibility index (Phi) is 5.12. The number of nitrogens with zero attached hydrogens (tertiary/aromatic N) is 2. The second-order valence-corrected chi connectivity index (χ2v) is 7.36. The van der Waals surface area contributed by atoms with Crippen LogP contribution in [0.5, 0.6) is 0 Å². The van der Waals surface area contributed by atoms with Gasteiger partial charge in [-0.1, -0.05) is 29.3 Å². The maximum atomic E-state index is 12.6. The topological polar surface area (TPSA) is 54.3 Å². The van der Waals surface area contributed by atoms with Crippen molar-refractivity contribution in [3.05, 3.63) is 63.0 Å². The zero-order valence-corrected chi connectivity index (χ0v) is 16.2. The number of halogens is 2. The van der Waals surface area contributed by atoms with E-state index < -0.39 is 6.03 Å². The number of hydrogen-bond donors (Lipinski definition) is 1. The van der Waals surface area contributed by atoms with Crippen LogP contribution in [-0.4, -0.2) is 21.4 Å². The number of nitrogens with one attached hydrogen (secondary N) is 1. The summed E-state index contributed by atoms with van der Waals surface area (Å²) in [6.45, 7) is 6.31. The van der Waals surface area contributed by atoms with Gasteiger partial charge in [-0.25, -0.2) is 4.79 Å². The van der Waals surface area contributed by atoms with Gasteiger partial charge < -0.3 is 9.88 Å². The first kappa shape index (κ1) is 18.5. The van der Waals surface area contributed by atoms with Gasteiger partial charge in [-0.3, -0.25) is 9.69 Å². The predicted octanol–water partition coefficient (Wildman–Crippen LogP) is 4.78. The molecule has 1 saturated heterocycles. The molecule has 0 aliphatic carbocycles. The summed E-state index contributed by atoms with van der Waals surface area (Å²) >= 11 is 11.9. The largest absolute Gasteiger partial charge is 0.349 e. The Morgan fingerprint density at radius 3 is 2.50 bits per heavy atom. The van der Waals surface area contributed by atoms with Crippen LogP contribution in [0.4, 0.5) is 4.79 Å². The van der Waals surface area contributed by atoms with Gasteiger partial charge >= 0.3 is 6.03 Å². The van der Waals surface area contributed by atoms with Crippen LogP contribution in [0.15, 0.2) is 36.2 Å². The molecule has 3 amide bonds. The molecule has 0 saturated carbocycles. The predicted molar refractivity (Wildman–Crippen MR) is 103 cm³/mol. The Morgan fingerprint density at radius 1 is 1.15 bits per heavy atom. The number of aromatic nitrogens is 1.